The van der Waals surface area contributed by atoms with Crippen molar-refractivity contribution in [3.8, 4) is 0 Å². The van der Waals surface area contributed by atoms with Gasteiger partial charge in [-0.15, -0.1) is 11.3 Å². The molecule has 8 nitrogen and oxygen atoms in total. The summed E-state index contributed by atoms with van der Waals surface area (Å²) in [5.74, 6) is -1.78. The number of carbonyl (C=O) groups is 2. The predicted octanol–water partition coefficient (Wildman–Crippen LogP) is 2.40. The first-order valence-electron chi connectivity index (χ1n) is 10.1. The van der Waals surface area contributed by atoms with Gasteiger partial charge in [-0.05, 0) is 47.4 Å². The van der Waals surface area contributed by atoms with Crippen LogP contribution in [-0.4, -0.2) is 44.7 Å². The summed E-state index contributed by atoms with van der Waals surface area (Å²) in [6.07, 6.45) is 1.65. The Morgan fingerprint density at radius 1 is 1.19 bits per heavy atom. The van der Waals surface area contributed by atoms with Crippen LogP contribution in [0.15, 0.2) is 47.8 Å². The van der Waals surface area contributed by atoms with E-state index >= 15 is 0 Å². The maximum Gasteiger partial charge on any atom is 0.313 e. The lowest BCUT2D eigenvalue weighted by Crippen LogP contribution is -2.38. The summed E-state index contributed by atoms with van der Waals surface area (Å²) in [5.41, 5.74) is 2.40. The number of sulfonamides is 1. The van der Waals surface area contributed by atoms with E-state index in [2.05, 4.69) is 10.6 Å². The lowest BCUT2D eigenvalue weighted by Gasteiger charge is -2.29. The van der Waals surface area contributed by atoms with E-state index in [4.69, 9.17) is 0 Å². The highest BCUT2D eigenvalue weighted by Crippen LogP contribution is 2.32. The number of fused-ring (bicyclic) bond motifs is 2. The lowest BCUT2D eigenvalue weighted by atomic mass is 10.0. The normalized spacial score (nSPS) is 14.6. The van der Waals surface area contributed by atoms with Gasteiger partial charge in [-0.25, -0.2) is 8.42 Å². The molecule has 0 aliphatic carbocycles. The van der Waals surface area contributed by atoms with Crippen LogP contribution in [0, 0.1) is 0 Å². The van der Waals surface area contributed by atoms with Gasteiger partial charge in [0.15, 0.2) is 0 Å². The number of benzene rings is 2. The van der Waals surface area contributed by atoms with Gasteiger partial charge in [0, 0.05) is 29.0 Å². The van der Waals surface area contributed by atoms with E-state index in [0.29, 0.717) is 23.5 Å². The van der Waals surface area contributed by atoms with Crippen LogP contribution in [0.3, 0.4) is 0 Å². The highest BCUT2D eigenvalue weighted by atomic mass is 32.2. The Morgan fingerprint density at radius 2 is 1.97 bits per heavy atom. The summed E-state index contributed by atoms with van der Waals surface area (Å²) in [4.78, 5) is 24.6. The van der Waals surface area contributed by atoms with E-state index in [1.807, 2.05) is 29.6 Å². The molecule has 10 heteroatoms. The summed E-state index contributed by atoms with van der Waals surface area (Å²) >= 11 is 1.50. The molecule has 3 aromatic rings. The third-order valence-corrected chi connectivity index (χ3v) is 7.51. The zero-order chi connectivity index (χ0) is 22.9. The molecule has 1 aliphatic rings. The fraction of sp³-hybridized carbons (Fsp3) is 0.273. The van der Waals surface area contributed by atoms with Gasteiger partial charge in [0.2, 0.25) is 10.0 Å². The molecule has 168 valence electrons. The molecule has 0 saturated carbocycles. The first-order chi connectivity index (χ1) is 15.2. The second-order valence-corrected chi connectivity index (χ2v) is 10.5. The Morgan fingerprint density at radius 3 is 2.75 bits per heavy atom. The van der Waals surface area contributed by atoms with Crippen LogP contribution in [0.5, 0.6) is 0 Å². The number of aryl methyl sites for hydroxylation is 1. The second kappa shape index (κ2) is 8.89. The van der Waals surface area contributed by atoms with Gasteiger partial charge in [-0.2, -0.15) is 0 Å². The molecule has 2 amide bonds. The van der Waals surface area contributed by atoms with Gasteiger partial charge in [0.1, 0.15) is 0 Å². The largest absolute Gasteiger partial charge is 0.387 e. The van der Waals surface area contributed by atoms with E-state index in [9.17, 15) is 23.1 Å². The maximum absolute atomic E-state index is 12.3. The third kappa shape index (κ3) is 4.62. The van der Waals surface area contributed by atoms with Crippen LogP contribution in [0.4, 0.5) is 11.4 Å². The van der Waals surface area contributed by atoms with E-state index < -0.39 is 27.9 Å². The van der Waals surface area contributed by atoms with Gasteiger partial charge < -0.3 is 15.7 Å². The highest BCUT2D eigenvalue weighted by molar-refractivity contribution is 7.92. The second-order valence-electron chi connectivity index (χ2n) is 7.65. The number of nitrogens with zero attached hydrogens (tertiary/aromatic N) is 1. The van der Waals surface area contributed by atoms with Crippen molar-refractivity contribution >= 4 is 54.6 Å². The molecule has 32 heavy (non-hydrogen) atoms. The highest BCUT2D eigenvalue weighted by Gasteiger charge is 2.25. The molecule has 2 heterocycles. The van der Waals surface area contributed by atoms with E-state index in [0.717, 1.165) is 34.7 Å². The minimum Gasteiger partial charge on any atom is -0.387 e. The van der Waals surface area contributed by atoms with Crippen molar-refractivity contribution in [1.82, 2.24) is 5.32 Å². The van der Waals surface area contributed by atoms with Crippen molar-refractivity contribution in [1.29, 1.82) is 0 Å². The van der Waals surface area contributed by atoms with Gasteiger partial charge in [-0.1, -0.05) is 24.3 Å². The fourth-order valence-corrected chi connectivity index (χ4v) is 5.78. The van der Waals surface area contributed by atoms with E-state index in [-0.39, 0.29) is 6.54 Å². The smallest absolute Gasteiger partial charge is 0.313 e. The molecule has 2 aromatic carbocycles. The van der Waals surface area contributed by atoms with Crippen LogP contribution in [0.1, 0.15) is 23.7 Å². The number of thiophene rings is 1. The molecule has 1 aromatic heterocycles. The van der Waals surface area contributed by atoms with Crippen molar-refractivity contribution in [2.45, 2.75) is 18.9 Å². The molecule has 3 N–H and O–H groups in total. The Hall–Kier alpha value is -2.95. The summed E-state index contributed by atoms with van der Waals surface area (Å²) in [5, 5.41) is 18.2. The maximum atomic E-state index is 12.3. The quantitative estimate of drug-likeness (QED) is 0.492. The van der Waals surface area contributed by atoms with Gasteiger partial charge >= 0.3 is 11.8 Å². The zero-order valence-electron chi connectivity index (χ0n) is 17.4. The summed E-state index contributed by atoms with van der Waals surface area (Å²) < 4.78 is 26.5. The molecular weight excluding hydrogens is 450 g/mol. The van der Waals surface area contributed by atoms with Crippen LogP contribution < -0.4 is 14.9 Å². The molecule has 1 unspecified atom stereocenters. The standard InChI is InChI=1S/C22H23N3O5S2/c1-32(29,30)25-10-4-5-14-8-9-15(11-18(14)25)24-22(28)21(27)23-12-19(26)17-13-31-20-7-3-2-6-16(17)20/h2-3,6-9,11,13,19,26H,4-5,10,12H2,1H3,(H,23,27)(H,24,28). The number of nitrogens with one attached hydrogen (secondary N) is 2. The fourth-order valence-electron chi connectivity index (χ4n) is 3.79. The first-order valence-corrected chi connectivity index (χ1v) is 12.8. The van der Waals surface area contributed by atoms with Gasteiger partial charge in [-0.3, -0.25) is 13.9 Å². The van der Waals surface area contributed by atoms with E-state index in [1.165, 1.54) is 15.6 Å². The number of aliphatic hydroxyl groups is 1. The number of hydrogen-bond acceptors (Lipinski definition) is 6. The minimum absolute atomic E-state index is 0.112. The average molecular weight is 474 g/mol. The topological polar surface area (TPSA) is 116 Å². The average Bonchev–Trinajstić information content (AvgIpc) is 3.20. The Balaban J connectivity index is 1.40. The molecular formula is C22H23N3O5S2. The summed E-state index contributed by atoms with van der Waals surface area (Å²) in [6, 6.07) is 12.6. The van der Waals surface area contributed by atoms with Gasteiger partial charge in [0.05, 0.1) is 18.0 Å². The van der Waals surface area contributed by atoms with Crippen LogP contribution in [0.25, 0.3) is 10.1 Å². The Kier molecular flexibility index (Phi) is 6.18. The minimum atomic E-state index is -3.44. The number of hydrogen-bond donors (Lipinski definition) is 3. The van der Waals surface area contributed by atoms with Gasteiger partial charge in [0.25, 0.3) is 0 Å². The first kappa shape index (κ1) is 22.3. The summed E-state index contributed by atoms with van der Waals surface area (Å²) in [6.45, 7) is 0.262. The van der Waals surface area contributed by atoms with Crippen LogP contribution >= 0.6 is 11.3 Å². The number of anilines is 2. The lowest BCUT2D eigenvalue weighted by molar-refractivity contribution is -0.136. The van der Waals surface area contributed by atoms with Crippen LogP contribution in [0.2, 0.25) is 0 Å². The molecule has 0 fully saturated rings. The number of rotatable bonds is 5. The Labute approximate surface area is 189 Å². The Bertz CT molecular complexity index is 1290. The van der Waals surface area contributed by atoms with Crippen molar-refractivity contribution < 1.29 is 23.1 Å². The van der Waals surface area contributed by atoms with Crippen molar-refractivity contribution in [3.05, 3.63) is 59.0 Å². The van der Waals surface area contributed by atoms with Crippen LogP contribution in [-0.2, 0) is 26.0 Å². The number of aliphatic hydroxyl groups excluding tert-OH is 1. The monoisotopic (exact) mass is 473 g/mol. The van der Waals surface area contributed by atoms with Crippen molar-refractivity contribution in [2.75, 3.05) is 29.0 Å². The van der Waals surface area contributed by atoms with E-state index in [1.54, 1.807) is 18.2 Å². The number of amides is 2. The molecule has 4 rings (SSSR count). The summed E-state index contributed by atoms with van der Waals surface area (Å²) in [7, 11) is -3.44. The SMILES string of the molecule is CS(=O)(=O)N1CCCc2ccc(NC(=O)C(=O)NCC(O)c3csc4ccccc34)cc21. The molecule has 1 aliphatic heterocycles. The molecule has 0 saturated heterocycles. The van der Waals surface area contributed by atoms with Crippen molar-refractivity contribution in [3.63, 3.8) is 0 Å². The molecule has 0 spiro atoms. The third-order valence-electron chi connectivity index (χ3n) is 5.35. The zero-order valence-corrected chi connectivity index (χ0v) is 19.0. The molecule has 0 bridgehead atoms. The van der Waals surface area contributed by atoms with Crippen molar-refractivity contribution in [2.24, 2.45) is 0 Å². The predicted molar refractivity (Wildman–Crippen MR) is 125 cm³/mol. The number of carbonyl (C=O) groups excluding carboxylic acids is 2. The molecule has 1 atom stereocenters. The molecule has 0 radical (unpaired) electrons.